The number of thioether (sulfide) groups is 1. The minimum Gasteiger partial charge on any atom is -0.332 e. The Morgan fingerprint density at radius 3 is 2.95 bits per heavy atom. The molecule has 1 unspecified atom stereocenters. The Kier molecular flexibility index (Phi) is 4.80. The van der Waals surface area contributed by atoms with E-state index in [-0.39, 0.29) is 0 Å². The second kappa shape index (κ2) is 6.77. The molecule has 2 saturated heterocycles. The van der Waals surface area contributed by atoms with Crippen LogP contribution in [0.2, 0.25) is 0 Å². The van der Waals surface area contributed by atoms with E-state index in [0.29, 0.717) is 6.04 Å². The van der Waals surface area contributed by atoms with Crippen LogP contribution in [0, 0.1) is 0 Å². The molecule has 0 spiro atoms. The maximum Gasteiger partial charge on any atom is 0.0949 e. The van der Waals surface area contributed by atoms with Crippen LogP contribution < -0.4 is 5.32 Å². The van der Waals surface area contributed by atoms with E-state index in [1.165, 1.54) is 49.6 Å². The third-order valence-electron chi connectivity index (χ3n) is 4.17. The van der Waals surface area contributed by atoms with Gasteiger partial charge in [-0.05, 0) is 19.4 Å². The highest BCUT2D eigenvalue weighted by Crippen LogP contribution is 2.22. The molecule has 2 aliphatic rings. The molecule has 0 saturated carbocycles. The van der Waals surface area contributed by atoms with Crippen molar-refractivity contribution in [1.82, 2.24) is 19.8 Å². The Hall–Kier alpha value is -0.520. The summed E-state index contributed by atoms with van der Waals surface area (Å²) in [5, 5.41) is 3.62. The molecule has 1 N–H and O–H groups in total. The van der Waals surface area contributed by atoms with Crippen molar-refractivity contribution in [3.05, 3.63) is 18.2 Å². The van der Waals surface area contributed by atoms with Crippen molar-refractivity contribution >= 4 is 11.8 Å². The minimum absolute atomic E-state index is 0.521. The van der Waals surface area contributed by atoms with Gasteiger partial charge >= 0.3 is 0 Å². The Balaban J connectivity index is 1.56. The quantitative estimate of drug-likeness (QED) is 0.911. The Morgan fingerprint density at radius 2 is 2.16 bits per heavy atom. The van der Waals surface area contributed by atoms with Crippen LogP contribution in [0.4, 0.5) is 0 Å². The highest BCUT2D eigenvalue weighted by Gasteiger charge is 2.18. The van der Waals surface area contributed by atoms with Gasteiger partial charge in [-0.3, -0.25) is 4.90 Å². The van der Waals surface area contributed by atoms with E-state index >= 15 is 0 Å². The SMILES string of the molecule is c1ncn(CCN2CCSCC2)c1C1CCCCN1. The summed E-state index contributed by atoms with van der Waals surface area (Å²) in [5.74, 6) is 2.59. The molecule has 106 valence electrons. The maximum absolute atomic E-state index is 4.36. The maximum atomic E-state index is 4.36. The smallest absolute Gasteiger partial charge is 0.0949 e. The highest BCUT2D eigenvalue weighted by atomic mass is 32.2. The number of rotatable bonds is 4. The summed E-state index contributed by atoms with van der Waals surface area (Å²) in [6.45, 7) is 5.89. The Bertz CT molecular complexity index is 381. The van der Waals surface area contributed by atoms with Crippen LogP contribution in [-0.2, 0) is 6.54 Å². The molecule has 3 heterocycles. The fraction of sp³-hybridized carbons (Fsp3) is 0.786. The Labute approximate surface area is 120 Å². The summed E-state index contributed by atoms with van der Waals surface area (Å²) >= 11 is 2.08. The standard InChI is InChI=1S/C14H24N4S/c1-2-4-16-13(3-1)14-11-15-12-18(14)6-5-17-7-9-19-10-8-17/h11-13,16H,1-10H2. The number of imidazole rings is 1. The van der Waals surface area contributed by atoms with Gasteiger partial charge in [0, 0.05) is 49.9 Å². The van der Waals surface area contributed by atoms with Crippen molar-refractivity contribution < 1.29 is 0 Å². The van der Waals surface area contributed by atoms with Gasteiger partial charge < -0.3 is 9.88 Å². The van der Waals surface area contributed by atoms with Gasteiger partial charge in [0.05, 0.1) is 12.0 Å². The summed E-state index contributed by atoms with van der Waals surface area (Å²) in [6.07, 6.45) is 7.97. The normalized spacial score (nSPS) is 25.6. The van der Waals surface area contributed by atoms with E-state index < -0.39 is 0 Å². The lowest BCUT2D eigenvalue weighted by atomic mass is 10.0. The zero-order chi connectivity index (χ0) is 12.9. The fourth-order valence-corrected chi connectivity index (χ4v) is 3.96. The molecule has 0 aromatic carbocycles. The van der Waals surface area contributed by atoms with Crippen molar-refractivity contribution in [2.45, 2.75) is 31.8 Å². The van der Waals surface area contributed by atoms with E-state index in [1.807, 2.05) is 6.33 Å². The van der Waals surface area contributed by atoms with Crippen LogP contribution in [0.25, 0.3) is 0 Å². The number of hydrogen-bond acceptors (Lipinski definition) is 4. The van der Waals surface area contributed by atoms with Crippen LogP contribution in [-0.4, -0.2) is 52.1 Å². The molecule has 2 aliphatic heterocycles. The number of nitrogens with one attached hydrogen (secondary N) is 1. The van der Waals surface area contributed by atoms with Crippen molar-refractivity contribution in [1.29, 1.82) is 0 Å². The molecule has 0 amide bonds. The number of hydrogen-bond donors (Lipinski definition) is 1. The molecular weight excluding hydrogens is 256 g/mol. The molecule has 1 aromatic heterocycles. The number of piperidine rings is 1. The third-order valence-corrected chi connectivity index (χ3v) is 5.12. The first-order valence-electron chi connectivity index (χ1n) is 7.47. The van der Waals surface area contributed by atoms with Gasteiger partial charge in [-0.2, -0.15) is 11.8 Å². The zero-order valence-electron chi connectivity index (χ0n) is 11.6. The molecule has 2 fully saturated rings. The first-order chi connectivity index (χ1) is 9.43. The van der Waals surface area contributed by atoms with E-state index in [1.54, 1.807) is 0 Å². The van der Waals surface area contributed by atoms with Crippen molar-refractivity contribution in [3.63, 3.8) is 0 Å². The molecular formula is C14H24N4S. The zero-order valence-corrected chi connectivity index (χ0v) is 12.4. The average molecular weight is 280 g/mol. The van der Waals surface area contributed by atoms with Gasteiger partial charge in [0.25, 0.3) is 0 Å². The first kappa shape index (κ1) is 13.5. The lowest BCUT2D eigenvalue weighted by molar-refractivity contribution is 0.285. The van der Waals surface area contributed by atoms with Gasteiger partial charge in [0.2, 0.25) is 0 Å². The van der Waals surface area contributed by atoms with E-state index in [4.69, 9.17) is 0 Å². The molecule has 0 radical (unpaired) electrons. The Morgan fingerprint density at radius 1 is 1.26 bits per heavy atom. The van der Waals surface area contributed by atoms with Crippen LogP contribution in [0.5, 0.6) is 0 Å². The summed E-state index contributed by atoms with van der Waals surface area (Å²) in [7, 11) is 0. The highest BCUT2D eigenvalue weighted by molar-refractivity contribution is 7.99. The lowest BCUT2D eigenvalue weighted by Gasteiger charge is -2.28. The second-order valence-electron chi connectivity index (χ2n) is 5.47. The van der Waals surface area contributed by atoms with Gasteiger partial charge in [0.15, 0.2) is 0 Å². The first-order valence-corrected chi connectivity index (χ1v) is 8.62. The molecule has 5 heteroatoms. The van der Waals surface area contributed by atoms with Crippen molar-refractivity contribution in [3.8, 4) is 0 Å². The van der Waals surface area contributed by atoms with E-state index in [0.717, 1.165) is 19.6 Å². The van der Waals surface area contributed by atoms with Crippen molar-refractivity contribution in [2.75, 3.05) is 37.7 Å². The molecule has 0 bridgehead atoms. The second-order valence-corrected chi connectivity index (χ2v) is 6.69. The topological polar surface area (TPSA) is 33.1 Å². The molecule has 1 atom stereocenters. The summed E-state index contributed by atoms with van der Waals surface area (Å²) in [5.41, 5.74) is 1.38. The van der Waals surface area contributed by atoms with Crippen LogP contribution >= 0.6 is 11.8 Å². The van der Waals surface area contributed by atoms with Crippen LogP contribution in [0.1, 0.15) is 31.0 Å². The van der Waals surface area contributed by atoms with Gasteiger partial charge in [-0.15, -0.1) is 0 Å². The molecule has 3 rings (SSSR count). The number of nitrogens with zero attached hydrogens (tertiary/aromatic N) is 3. The predicted octanol–water partition coefficient (Wildman–Crippen LogP) is 1.75. The minimum atomic E-state index is 0.521. The largest absolute Gasteiger partial charge is 0.332 e. The van der Waals surface area contributed by atoms with Crippen LogP contribution in [0.3, 0.4) is 0 Å². The monoisotopic (exact) mass is 280 g/mol. The average Bonchev–Trinajstić information content (AvgIpc) is 2.95. The summed E-state index contributed by atoms with van der Waals surface area (Å²) in [4.78, 5) is 6.94. The van der Waals surface area contributed by atoms with Gasteiger partial charge in [-0.25, -0.2) is 4.98 Å². The third kappa shape index (κ3) is 3.52. The van der Waals surface area contributed by atoms with E-state index in [2.05, 4.69) is 37.7 Å². The van der Waals surface area contributed by atoms with Gasteiger partial charge in [-0.1, -0.05) is 6.42 Å². The molecule has 1 aromatic rings. The summed E-state index contributed by atoms with van der Waals surface area (Å²) in [6, 6.07) is 0.521. The molecule has 19 heavy (non-hydrogen) atoms. The van der Waals surface area contributed by atoms with Gasteiger partial charge in [0.1, 0.15) is 0 Å². The predicted molar refractivity (Wildman–Crippen MR) is 80.6 cm³/mol. The van der Waals surface area contributed by atoms with Crippen molar-refractivity contribution in [2.24, 2.45) is 0 Å². The molecule has 0 aliphatic carbocycles. The lowest BCUT2D eigenvalue weighted by Crippen LogP contribution is -2.35. The van der Waals surface area contributed by atoms with Crippen LogP contribution in [0.15, 0.2) is 12.5 Å². The fourth-order valence-electron chi connectivity index (χ4n) is 2.99. The molecule has 4 nitrogen and oxygen atoms in total. The van der Waals surface area contributed by atoms with E-state index in [9.17, 15) is 0 Å². The number of aromatic nitrogens is 2. The summed E-state index contributed by atoms with van der Waals surface area (Å²) < 4.78 is 2.35.